The van der Waals surface area contributed by atoms with E-state index in [1.807, 2.05) is 30.9 Å². The van der Waals surface area contributed by atoms with Crippen molar-refractivity contribution < 1.29 is 9.47 Å². The Morgan fingerprint density at radius 1 is 1.19 bits per heavy atom. The van der Waals surface area contributed by atoms with Gasteiger partial charge in [-0.2, -0.15) is 0 Å². The fourth-order valence-corrected chi connectivity index (χ4v) is 1.98. The Balaban J connectivity index is 1.59. The molecule has 1 heterocycles. The van der Waals surface area contributed by atoms with Crippen LogP contribution in [0.4, 0.5) is 0 Å². The van der Waals surface area contributed by atoms with Crippen LogP contribution in [-0.2, 0) is 17.8 Å². The Bertz CT molecular complexity index is 483. The summed E-state index contributed by atoms with van der Waals surface area (Å²) in [4.78, 5) is 4.03. The number of aromatic nitrogens is 2. The van der Waals surface area contributed by atoms with E-state index in [1.54, 1.807) is 7.11 Å². The summed E-state index contributed by atoms with van der Waals surface area (Å²) in [5.74, 6) is 0.885. The van der Waals surface area contributed by atoms with E-state index in [9.17, 15) is 0 Å². The van der Waals surface area contributed by atoms with E-state index in [4.69, 9.17) is 9.47 Å². The van der Waals surface area contributed by atoms with E-state index in [0.717, 1.165) is 31.8 Å². The number of hydrogen-bond acceptors (Lipinski definition) is 4. The van der Waals surface area contributed by atoms with Crippen molar-refractivity contribution in [1.29, 1.82) is 0 Å². The Hall–Kier alpha value is -1.85. The molecule has 0 fully saturated rings. The third-order valence-electron chi connectivity index (χ3n) is 3.14. The van der Waals surface area contributed by atoms with Gasteiger partial charge in [-0.25, -0.2) is 4.98 Å². The number of imidazole rings is 1. The summed E-state index contributed by atoms with van der Waals surface area (Å²) in [7, 11) is 1.67. The van der Waals surface area contributed by atoms with E-state index in [0.29, 0.717) is 13.2 Å². The topological polar surface area (TPSA) is 48.3 Å². The zero-order valence-electron chi connectivity index (χ0n) is 12.5. The molecule has 0 bridgehead atoms. The lowest BCUT2D eigenvalue weighted by atomic mass is 10.2. The number of aryl methyl sites for hydroxylation is 1. The summed E-state index contributed by atoms with van der Waals surface area (Å²) in [6.45, 7) is 4.06. The van der Waals surface area contributed by atoms with Crippen molar-refractivity contribution in [2.75, 3.05) is 26.9 Å². The molecular formula is C16H23N3O2. The fourth-order valence-electron chi connectivity index (χ4n) is 1.98. The summed E-state index contributed by atoms with van der Waals surface area (Å²) < 4.78 is 12.6. The maximum Gasteiger partial charge on any atom is 0.119 e. The van der Waals surface area contributed by atoms with Gasteiger partial charge in [0.25, 0.3) is 0 Å². The first kappa shape index (κ1) is 15.5. The zero-order chi connectivity index (χ0) is 14.8. The molecule has 1 N–H and O–H groups in total. The SMILES string of the molecule is COCCOc1ccc(CNCCCn2ccnc2)cc1. The van der Waals surface area contributed by atoms with E-state index in [1.165, 1.54) is 5.56 Å². The molecule has 21 heavy (non-hydrogen) atoms. The van der Waals surface area contributed by atoms with Crippen molar-refractivity contribution in [3.05, 3.63) is 48.5 Å². The van der Waals surface area contributed by atoms with Crippen LogP contribution >= 0.6 is 0 Å². The molecule has 0 spiro atoms. The minimum atomic E-state index is 0.586. The third kappa shape index (κ3) is 5.97. The minimum Gasteiger partial charge on any atom is -0.491 e. The lowest BCUT2D eigenvalue weighted by Crippen LogP contribution is -2.16. The Labute approximate surface area is 125 Å². The van der Waals surface area contributed by atoms with Gasteiger partial charge in [0.15, 0.2) is 0 Å². The number of nitrogens with zero attached hydrogens (tertiary/aromatic N) is 2. The van der Waals surface area contributed by atoms with Crippen LogP contribution in [0.3, 0.4) is 0 Å². The van der Waals surface area contributed by atoms with Crippen LogP contribution in [0, 0.1) is 0 Å². The van der Waals surface area contributed by atoms with Crippen LogP contribution < -0.4 is 10.1 Å². The van der Waals surface area contributed by atoms with Gasteiger partial charge < -0.3 is 19.4 Å². The highest BCUT2D eigenvalue weighted by molar-refractivity contribution is 5.27. The predicted octanol–water partition coefficient (Wildman–Crippen LogP) is 2.09. The predicted molar refractivity (Wildman–Crippen MR) is 82.4 cm³/mol. The standard InChI is InChI=1S/C16H23N3O2/c1-20-11-12-21-16-5-3-15(4-6-16)13-17-7-2-9-19-10-8-18-14-19/h3-6,8,10,14,17H,2,7,9,11-13H2,1H3. The van der Waals surface area contributed by atoms with Crippen LogP contribution in [0.15, 0.2) is 43.0 Å². The highest BCUT2D eigenvalue weighted by atomic mass is 16.5. The van der Waals surface area contributed by atoms with Gasteiger partial charge in [0.1, 0.15) is 12.4 Å². The van der Waals surface area contributed by atoms with Crippen LogP contribution in [0.2, 0.25) is 0 Å². The second-order valence-corrected chi connectivity index (χ2v) is 4.82. The Morgan fingerprint density at radius 3 is 2.76 bits per heavy atom. The quantitative estimate of drug-likeness (QED) is 0.680. The van der Waals surface area contributed by atoms with Gasteiger partial charge in [0.05, 0.1) is 12.9 Å². The van der Waals surface area contributed by atoms with E-state index < -0.39 is 0 Å². The molecule has 0 amide bonds. The van der Waals surface area contributed by atoms with Crippen LogP contribution in [-0.4, -0.2) is 36.4 Å². The lowest BCUT2D eigenvalue weighted by molar-refractivity contribution is 0.146. The first-order valence-electron chi connectivity index (χ1n) is 7.25. The number of hydrogen-bond donors (Lipinski definition) is 1. The summed E-state index contributed by atoms with van der Waals surface area (Å²) in [6, 6.07) is 8.17. The van der Waals surface area contributed by atoms with Crippen molar-refractivity contribution >= 4 is 0 Å². The van der Waals surface area contributed by atoms with Crippen molar-refractivity contribution in [2.24, 2.45) is 0 Å². The van der Waals surface area contributed by atoms with Crippen molar-refractivity contribution in [3.8, 4) is 5.75 Å². The van der Waals surface area contributed by atoms with Gasteiger partial charge in [-0.15, -0.1) is 0 Å². The normalized spacial score (nSPS) is 10.7. The highest BCUT2D eigenvalue weighted by Crippen LogP contribution is 2.11. The molecule has 2 aromatic rings. The first-order valence-corrected chi connectivity index (χ1v) is 7.25. The molecule has 5 nitrogen and oxygen atoms in total. The largest absolute Gasteiger partial charge is 0.491 e. The molecule has 1 aromatic carbocycles. The Morgan fingerprint density at radius 2 is 2.05 bits per heavy atom. The Kier molecular flexibility index (Phi) is 6.77. The summed E-state index contributed by atoms with van der Waals surface area (Å²) in [5, 5.41) is 3.44. The molecule has 0 saturated carbocycles. The molecule has 0 atom stereocenters. The molecule has 0 aliphatic heterocycles. The number of benzene rings is 1. The summed E-state index contributed by atoms with van der Waals surface area (Å²) >= 11 is 0. The molecule has 0 radical (unpaired) electrons. The first-order chi connectivity index (χ1) is 10.4. The van der Waals surface area contributed by atoms with E-state index in [-0.39, 0.29) is 0 Å². The summed E-state index contributed by atoms with van der Waals surface area (Å²) in [5.41, 5.74) is 1.26. The molecule has 0 saturated heterocycles. The van der Waals surface area contributed by atoms with E-state index in [2.05, 4.69) is 27.0 Å². The second-order valence-electron chi connectivity index (χ2n) is 4.82. The van der Waals surface area contributed by atoms with Crippen LogP contribution in [0.1, 0.15) is 12.0 Å². The van der Waals surface area contributed by atoms with Gasteiger partial charge in [-0.05, 0) is 30.7 Å². The molecule has 0 aliphatic carbocycles. The average molecular weight is 289 g/mol. The maximum absolute atomic E-state index is 5.53. The van der Waals surface area contributed by atoms with Gasteiger partial charge in [0, 0.05) is 32.6 Å². The summed E-state index contributed by atoms with van der Waals surface area (Å²) in [6.07, 6.45) is 6.74. The third-order valence-corrected chi connectivity index (χ3v) is 3.14. The molecule has 114 valence electrons. The number of methoxy groups -OCH3 is 1. The number of nitrogens with one attached hydrogen (secondary N) is 1. The van der Waals surface area contributed by atoms with Gasteiger partial charge in [-0.1, -0.05) is 12.1 Å². The van der Waals surface area contributed by atoms with Gasteiger partial charge in [-0.3, -0.25) is 0 Å². The molecule has 2 rings (SSSR count). The van der Waals surface area contributed by atoms with Gasteiger partial charge >= 0.3 is 0 Å². The van der Waals surface area contributed by atoms with Crippen molar-refractivity contribution in [2.45, 2.75) is 19.5 Å². The van der Waals surface area contributed by atoms with Gasteiger partial charge in [0.2, 0.25) is 0 Å². The number of ether oxygens (including phenoxy) is 2. The minimum absolute atomic E-state index is 0.586. The average Bonchev–Trinajstić information content (AvgIpc) is 3.02. The monoisotopic (exact) mass is 289 g/mol. The zero-order valence-corrected chi connectivity index (χ0v) is 12.5. The lowest BCUT2D eigenvalue weighted by Gasteiger charge is -2.08. The molecule has 0 aliphatic rings. The van der Waals surface area contributed by atoms with Crippen LogP contribution in [0.5, 0.6) is 5.75 Å². The molecule has 0 unspecified atom stereocenters. The van der Waals surface area contributed by atoms with Crippen LogP contribution in [0.25, 0.3) is 0 Å². The second kappa shape index (κ2) is 9.15. The number of rotatable bonds is 10. The molecule has 1 aromatic heterocycles. The highest BCUT2D eigenvalue weighted by Gasteiger charge is 1.96. The smallest absolute Gasteiger partial charge is 0.119 e. The van der Waals surface area contributed by atoms with Crippen molar-refractivity contribution in [3.63, 3.8) is 0 Å². The molecule has 5 heteroatoms. The fraction of sp³-hybridized carbons (Fsp3) is 0.438. The molecular weight excluding hydrogens is 266 g/mol. The van der Waals surface area contributed by atoms with Crippen molar-refractivity contribution in [1.82, 2.24) is 14.9 Å². The van der Waals surface area contributed by atoms with E-state index >= 15 is 0 Å². The maximum atomic E-state index is 5.53.